The number of benzene rings is 2. The van der Waals surface area contributed by atoms with Crippen LogP contribution < -0.4 is 10.2 Å². The largest absolute Gasteiger partial charge is 0.497 e. The summed E-state index contributed by atoms with van der Waals surface area (Å²) < 4.78 is 45.4. The molecule has 0 aliphatic carbocycles. The smallest absolute Gasteiger partial charge is 0.249 e. The number of nitrogens with zero attached hydrogens (tertiary/aromatic N) is 2. The average Bonchev–Trinajstić information content (AvgIpc) is 2.97. The van der Waals surface area contributed by atoms with Crippen molar-refractivity contribution < 1.29 is 38.1 Å². The van der Waals surface area contributed by atoms with E-state index in [1.807, 2.05) is 0 Å². The quantitative estimate of drug-likeness (QED) is 0.115. The minimum absolute atomic E-state index is 0.203. The predicted molar refractivity (Wildman–Crippen MR) is 143 cm³/mol. The molecule has 0 spiro atoms. The molecule has 2 heterocycles. The number of hydrogen-bond acceptors (Lipinski definition) is 8. The molecule has 216 valence electrons. The van der Waals surface area contributed by atoms with Crippen molar-refractivity contribution in [2.75, 3.05) is 32.5 Å². The number of hydroxylamine groups is 1. The monoisotopic (exact) mass is 579 g/mol. The number of fused-ring (bicyclic) bond motifs is 1. The van der Waals surface area contributed by atoms with Crippen molar-refractivity contribution >= 4 is 28.6 Å². The van der Waals surface area contributed by atoms with Crippen molar-refractivity contribution in [3.8, 4) is 5.75 Å². The summed E-state index contributed by atoms with van der Waals surface area (Å²) in [6, 6.07) is 7.20. The summed E-state index contributed by atoms with van der Waals surface area (Å²) in [4.78, 5) is 19.6. The molecule has 3 aromatic rings. The minimum atomic E-state index is -1.49. The zero-order chi connectivity index (χ0) is 28.9. The summed E-state index contributed by atoms with van der Waals surface area (Å²) in [6.07, 6.45) is 1.86. The highest BCUT2D eigenvalue weighted by Crippen LogP contribution is 2.40. The number of rotatable bonds is 11. The minimum Gasteiger partial charge on any atom is -0.497 e. The second kappa shape index (κ2) is 13.2. The van der Waals surface area contributed by atoms with Crippen LogP contribution in [0.3, 0.4) is 0 Å². The predicted octanol–water partition coefficient (Wildman–Crippen LogP) is 4.35. The molecule has 12 heteroatoms. The first-order chi connectivity index (χ1) is 19.2. The Labute approximate surface area is 234 Å². The molecule has 1 amide bonds. The molecule has 40 heavy (non-hydrogen) atoms. The Balaban J connectivity index is 1.41. The first kappa shape index (κ1) is 30.1. The van der Waals surface area contributed by atoms with Gasteiger partial charge >= 0.3 is 0 Å². The van der Waals surface area contributed by atoms with E-state index in [1.165, 1.54) is 25.1 Å². The molecule has 1 aromatic heterocycles. The lowest BCUT2D eigenvalue weighted by Crippen LogP contribution is -2.48. The maximum Gasteiger partial charge on any atom is 0.249 e. The number of hydrogen-bond donors (Lipinski definition) is 4. The molecular formula is C28H32F3N3O5S. The number of pyridine rings is 1. The number of aliphatic hydroxyl groups is 2. The van der Waals surface area contributed by atoms with E-state index < -0.39 is 34.9 Å². The van der Waals surface area contributed by atoms with E-state index in [0.29, 0.717) is 70.9 Å². The lowest BCUT2D eigenvalue weighted by Gasteiger charge is -2.40. The zero-order valence-electron chi connectivity index (χ0n) is 22.0. The van der Waals surface area contributed by atoms with Crippen LogP contribution in [0.15, 0.2) is 41.4 Å². The Morgan fingerprint density at radius 2 is 1.90 bits per heavy atom. The fourth-order valence-electron chi connectivity index (χ4n) is 5.26. The van der Waals surface area contributed by atoms with Crippen molar-refractivity contribution in [2.24, 2.45) is 5.41 Å². The summed E-state index contributed by atoms with van der Waals surface area (Å²) in [5, 5.41) is 31.3. The summed E-state index contributed by atoms with van der Waals surface area (Å²) >= 11 is 1.21. The number of likely N-dealkylation sites (tertiary alicyclic amines) is 1. The van der Waals surface area contributed by atoms with Crippen LogP contribution in [0, 0.1) is 22.9 Å². The Kier molecular flexibility index (Phi) is 9.90. The van der Waals surface area contributed by atoms with Crippen LogP contribution in [0.1, 0.15) is 42.9 Å². The first-order valence-corrected chi connectivity index (χ1v) is 13.9. The van der Waals surface area contributed by atoms with E-state index in [4.69, 9.17) is 4.74 Å². The molecule has 1 unspecified atom stereocenters. The number of ether oxygens (including phenoxy) is 1. The van der Waals surface area contributed by atoms with E-state index in [0.717, 1.165) is 12.1 Å². The van der Waals surface area contributed by atoms with Crippen LogP contribution in [0.5, 0.6) is 5.75 Å². The van der Waals surface area contributed by atoms with E-state index in [2.05, 4.69) is 9.88 Å². The fourth-order valence-corrected chi connectivity index (χ4v) is 6.22. The molecule has 4 rings (SSSR count). The molecule has 0 saturated carbocycles. The van der Waals surface area contributed by atoms with Crippen molar-refractivity contribution in [2.45, 2.75) is 43.3 Å². The van der Waals surface area contributed by atoms with Crippen molar-refractivity contribution in [1.29, 1.82) is 0 Å². The SMILES string of the molecule is COc1ccc2ncc(CO)c(C(O)CCC3(C(=O)NO)CCN(CCSc4cc(F)c(F)c(F)c4)CC3)c2c1. The highest BCUT2D eigenvalue weighted by molar-refractivity contribution is 7.99. The van der Waals surface area contributed by atoms with Crippen molar-refractivity contribution in [1.82, 2.24) is 15.4 Å². The van der Waals surface area contributed by atoms with E-state index in [-0.39, 0.29) is 19.4 Å². The molecular weight excluding hydrogens is 547 g/mol. The summed E-state index contributed by atoms with van der Waals surface area (Å²) in [5.41, 5.74) is 2.50. The molecule has 1 aliphatic rings. The van der Waals surface area contributed by atoms with Gasteiger partial charge in [-0.05, 0) is 74.7 Å². The van der Waals surface area contributed by atoms with Crippen LogP contribution in [-0.4, -0.2) is 63.7 Å². The number of amides is 1. The van der Waals surface area contributed by atoms with Crippen LogP contribution in [0.4, 0.5) is 13.2 Å². The highest BCUT2D eigenvalue weighted by Gasteiger charge is 2.41. The van der Waals surface area contributed by atoms with Gasteiger partial charge in [0.15, 0.2) is 17.5 Å². The standard InChI is InChI=1S/C28H32F3N3O5S/c1-39-18-2-3-23-20(12-18)25(17(16-35)15-32-23)24(36)4-5-28(27(37)33-38)6-8-34(9-7-28)10-11-40-19-13-21(29)26(31)22(30)14-19/h2-3,12-15,24,35-36,38H,4-11,16H2,1H3,(H,33,37). The Morgan fingerprint density at radius 1 is 1.20 bits per heavy atom. The zero-order valence-corrected chi connectivity index (χ0v) is 22.8. The third-order valence-corrected chi connectivity index (χ3v) is 8.58. The second-order valence-electron chi connectivity index (χ2n) is 9.91. The maximum absolute atomic E-state index is 13.5. The third-order valence-electron chi connectivity index (χ3n) is 7.63. The molecule has 0 bridgehead atoms. The number of halogens is 3. The van der Waals surface area contributed by atoms with Gasteiger partial charge in [0.25, 0.3) is 0 Å². The number of thioether (sulfide) groups is 1. The number of nitrogens with one attached hydrogen (secondary N) is 1. The van der Waals surface area contributed by atoms with Gasteiger partial charge in [-0.25, -0.2) is 18.7 Å². The fraction of sp³-hybridized carbons (Fsp3) is 0.429. The number of methoxy groups -OCH3 is 1. The van der Waals surface area contributed by atoms with Gasteiger partial charge in [0, 0.05) is 34.3 Å². The van der Waals surface area contributed by atoms with Crippen LogP contribution in [0.25, 0.3) is 10.9 Å². The normalized spacial score (nSPS) is 16.2. The van der Waals surface area contributed by atoms with Gasteiger partial charge in [0.1, 0.15) is 5.75 Å². The lowest BCUT2D eigenvalue weighted by atomic mass is 9.73. The molecule has 4 N–H and O–H groups in total. The number of piperidine rings is 1. The van der Waals surface area contributed by atoms with E-state index in [1.54, 1.807) is 23.7 Å². The van der Waals surface area contributed by atoms with E-state index in [9.17, 15) is 33.4 Å². The highest BCUT2D eigenvalue weighted by atomic mass is 32.2. The number of carbonyl (C=O) groups is 1. The number of aliphatic hydroxyl groups excluding tert-OH is 2. The Hall–Kier alpha value is -2.90. The Bertz CT molecular complexity index is 1330. The van der Waals surface area contributed by atoms with Crippen LogP contribution >= 0.6 is 11.8 Å². The topological polar surface area (TPSA) is 115 Å². The van der Waals surface area contributed by atoms with Gasteiger partial charge in [0.05, 0.1) is 30.8 Å². The van der Waals surface area contributed by atoms with Gasteiger partial charge in [-0.15, -0.1) is 11.8 Å². The molecule has 0 radical (unpaired) electrons. The summed E-state index contributed by atoms with van der Waals surface area (Å²) in [7, 11) is 1.53. The maximum atomic E-state index is 13.5. The molecule has 2 aromatic carbocycles. The lowest BCUT2D eigenvalue weighted by molar-refractivity contribution is -0.143. The van der Waals surface area contributed by atoms with E-state index >= 15 is 0 Å². The number of aromatic nitrogens is 1. The molecule has 1 atom stereocenters. The first-order valence-electron chi connectivity index (χ1n) is 12.9. The number of carbonyl (C=O) groups excluding carboxylic acids is 1. The summed E-state index contributed by atoms with van der Waals surface area (Å²) in [5.74, 6) is -3.39. The average molecular weight is 580 g/mol. The third kappa shape index (κ3) is 6.52. The van der Waals surface area contributed by atoms with Crippen LogP contribution in [0.2, 0.25) is 0 Å². The second-order valence-corrected chi connectivity index (χ2v) is 11.1. The van der Waals surface area contributed by atoms with Crippen LogP contribution in [-0.2, 0) is 11.4 Å². The molecule has 1 saturated heterocycles. The summed E-state index contributed by atoms with van der Waals surface area (Å²) in [6.45, 7) is 1.33. The van der Waals surface area contributed by atoms with Gasteiger partial charge in [-0.3, -0.25) is 15.0 Å². The van der Waals surface area contributed by atoms with Gasteiger partial charge in [-0.1, -0.05) is 0 Å². The van der Waals surface area contributed by atoms with Gasteiger partial charge in [0.2, 0.25) is 5.91 Å². The van der Waals surface area contributed by atoms with Gasteiger partial charge < -0.3 is 19.8 Å². The molecule has 1 fully saturated rings. The molecule has 1 aliphatic heterocycles. The Morgan fingerprint density at radius 3 is 2.52 bits per heavy atom. The van der Waals surface area contributed by atoms with Crippen molar-refractivity contribution in [3.05, 3.63) is 65.1 Å². The van der Waals surface area contributed by atoms with Gasteiger partial charge in [-0.2, -0.15) is 0 Å². The van der Waals surface area contributed by atoms with Crippen molar-refractivity contribution in [3.63, 3.8) is 0 Å². The molecule has 8 nitrogen and oxygen atoms in total.